The second-order valence-corrected chi connectivity index (χ2v) is 10.8. The second kappa shape index (κ2) is 9.33. The summed E-state index contributed by atoms with van der Waals surface area (Å²) in [7, 11) is 0. The van der Waals surface area contributed by atoms with Crippen LogP contribution in [0.5, 0.6) is 0 Å². The molecule has 0 radical (unpaired) electrons. The summed E-state index contributed by atoms with van der Waals surface area (Å²) < 4.78 is 6.24. The highest BCUT2D eigenvalue weighted by molar-refractivity contribution is 6.14. The molecular formula is C39H23N3O. The number of aromatic nitrogens is 3. The average molecular weight is 550 g/mol. The Bertz CT molecular complexity index is 2520. The Labute approximate surface area is 246 Å². The van der Waals surface area contributed by atoms with Crippen molar-refractivity contribution in [3.05, 3.63) is 140 Å². The normalized spacial score (nSPS) is 11.7. The van der Waals surface area contributed by atoms with Gasteiger partial charge >= 0.3 is 0 Å². The lowest BCUT2D eigenvalue weighted by atomic mass is 9.97. The van der Waals surface area contributed by atoms with E-state index in [1.807, 2.05) is 24.3 Å². The summed E-state index contributed by atoms with van der Waals surface area (Å²) in [5.41, 5.74) is 4.50. The molecular weight excluding hydrogens is 526 g/mol. The molecule has 9 aromatic rings. The van der Waals surface area contributed by atoms with E-state index in [1.54, 1.807) is 0 Å². The Morgan fingerprint density at radius 2 is 0.953 bits per heavy atom. The van der Waals surface area contributed by atoms with E-state index in [0.29, 0.717) is 17.5 Å². The number of rotatable bonds is 3. The van der Waals surface area contributed by atoms with E-state index in [1.165, 1.54) is 10.8 Å². The molecule has 0 unspecified atom stereocenters. The van der Waals surface area contributed by atoms with Crippen LogP contribution >= 0.6 is 0 Å². The third-order valence-electron chi connectivity index (χ3n) is 8.31. The number of nitrogens with zero attached hydrogens (tertiary/aromatic N) is 3. The third kappa shape index (κ3) is 3.81. The summed E-state index contributed by atoms with van der Waals surface area (Å²) in [6, 6.07) is 48.1. The summed E-state index contributed by atoms with van der Waals surface area (Å²) in [5.74, 6) is 1.88. The van der Waals surface area contributed by atoms with Gasteiger partial charge in [-0.1, -0.05) is 121 Å². The number of fused-ring (bicyclic) bond motifs is 7. The smallest absolute Gasteiger partial charge is 0.164 e. The second-order valence-electron chi connectivity index (χ2n) is 10.8. The molecule has 2 heterocycles. The fourth-order valence-corrected chi connectivity index (χ4v) is 6.28. The first-order valence-corrected chi connectivity index (χ1v) is 14.4. The number of furan rings is 1. The van der Waals surface area contributed by atoms with Crippen LogP contribution in [-0.4, -0.2) is 15.0 Å². The van der Waals surface area contributed by atoms with Crippen molar-refractivity contribution in [3.8, 4) is 34.2 Å². The van der Waals surface area contributed by atoms with Gasteiger partial charge < -0.3 is 4.42 Å². The van der Waals surface area contributed by atoms with E-state index in [0.717, 1.165) is 60.2 Å². The van der Waals surface area contributed by atoms with Crippen LogP contribution in [0.4, 0.5) is 0 Å². The summed E-state index contributed by atoms with van der Waals surface area (Å²) in [6.45, 7) is 0. The van der Waals surface area contributed by atoms with Crippen LogP contribution < -0.4 is 0 Å². The Kier molecular flexibility index (Phi) is 5.16. The minimum absolute atomic E-state index is 0.604. The van der Waals surface area contributed by atoms with Crippen LogP contribution in [0.1, 0.15) is 0 Å². The van der Waals surface area contributed by atoms with Gasteiger partial charge in [-0.05, 0) is 45.1 Å². The first-order chi connectivity index (χ1) is 21.3. The monoisotopic (exact) mass is 549 g/mol. The van der Waals surface area contributed by atoms with E-state index in [2.05, 4.69) is 115 Å². The van der Waals surface area contributed by atoms with Crippen molar-refractivity contribution >= 4 is 54.3 Å². The van der Waals surface area contributed by atoms with Crippen molar-refractivity contribution in [3.63, 3.8) is 0 Å². The van der Waals surface area contributed by atoms with E-state index in [4.69, 9.17) is 19.4 Å². The van der Waals surface area contributed by atoms with Gasteiger partial charge in [-0.2, -0.15) is 0 Å². The number of hydrogen-bond acceptors (Lipinski definition) is 4. The topological polar surface area (TPSA) is 51.8 Å². The average Bonchev–Trinajstić information content (AvgIpc) is 3.45. The minimum atomic E-state index is 0.604. The fourth-order valence-electron chi connectivity index (χ4n) is 6.28. The summed E-state index contributed by atoms with van der Waals surface area (Å²) in [5, 5.41) is 9.05. The first-order valence-electron chi connectivity index (χ1n) is 14.4. The standard InChI is InChI=1S/C39H23N3O/c1-3-13-28-24(9-1)11-7-16-32(28)38-40-37(27-21-22-31-30-15-5-6-18-34(30)43-35(31)23-27)41-39(42-38)33-17-8-12-26-20-19-25-10-2-4-14-29(25)36(26)33/h1-23H. The van der Waals surface area contributed by atoms with Crippen LogP contribution in [0, 0.1) is 0 Å². The van der Waals surface area contributed by atoms with Gasteiger partial charge in [-0.3, -0.25) is 0 Å². The number of benzene rings is 7. The summed E-state index contributed by atoms with van der Waals surface area (Å²) >= 11 is 0. The molecule has 0 N–H and O–H groups in total. The van der Waals surface area contributed by atoms with Crippen LogP contribution in [-0.2, 0) is 0 Å². The van der Waals surface area contributed by atoms with Gasteiger partial charge in [-0.15, -0.1) is 0 Å². The maximum absolute atomic E-state index is 6.24. The molecule has 0 aliphatic carbocycles. The van der Waals surface area contributed by atoms with E-state index >= 15 is 0 Å². The largest absolute Gasteiger partial charge is 0.456 e. The zero-order valence-corrected chi connectivity index (χ0v) is 23.0. The number of hydrogen-bond donors (Lipinski definition) is 0. The molecule has 200 valence electrons. The Hall–Kier alpha value is -5.87. The lowest BCUT2D eigenvalue weighted by Crippen LogP contribution is -2.01. The first kappa shape index (κ1) is 23.8. The SMILES string of the molecule is c1ccc2c(-c3nc(-c4ccc5c(c4)oc4ccccc45)nc(-c4cccc5ccc6ccccc6c45)n3)cccc2c1. The fraction of sp³-hybridized carbons (Fsp3) is 0. The van der Waals surface area contributed by atoms with Crippen LogP contribution in [0.15, 0.2) is 144 Å². The zero-order valence-electron chi connectivity index (χ0n) is 23.0. The van der Waals surface area contributed by atoms with Gasteiger partial charge in [0.05, 0.1) is 0 Å². The van der Waals surface area contributed by atoms with Gasteiger partial charge in [0.1, 0.15) is 11.2 Å². The highest BCUT2D eigenvalue weighted by atomic mass is 16.3. The lowest BCUT2D eigenvalue weighted by molar-refractivity contribution is 0.669. The van der Waals surface area contributed by atoms with Crippen LogP contribution in [0.25, 0.3) is 88.4 Å². The highest BCUT2D eigenvalue weighted by Crippen LogP contribution is 2.37. The molecule has 4 nitrogen and oxygen atoms in total. The molecule has 0 atom stereocenters. The quantitative estimate of drug-likeness (QED) is 0.206. The molecule has 2 aromatic heterocycles. The minimum Gasteiger partial charge on any atom is -0.456 e. The highest BCUT2D eigenvalue weighted by Gasteiger charge is 2.18. The molecule has 0 spiro atoms. The Morgan fingerprint density at radius 3 is 1.81 bits per heavy atom. The Morgan fingerprint density at radius 1 is 0.372 bits per heavy atom. The van der Waals surface area contributed by atoms with Crippen LogP contribution in [0.2, 0.25) is 0 Å². The molecule has 0 aliphatic heterocycles. The lowest BCUT2D eigenvalue weighted by Gasteiger charge is -2.13. The third-order valence-corrected chi connectivity index (χ3v) is 8.31. The molecule has 43 heavy (non-hydrogen) atoms. The van der Waals surface area contributed by atoms with Crippen molar-refractivity contribution in [2.45, 2.75) is 0 Å². The molecule has 7 aromatic carbocycles. The molecule has 0 saturated heterocycles. The molecule has 4 heteroatoms. The number of para-hydroxylation sites is 1. The summed E-state index contributed by atoms with van der Waals surface area (Å²) in [4.78, 5) is 15.4. The van der Waals surface area contributed by atoms with E-state index in [9.17, 15) is 0 Å². The predicted molar refractivity (Wildman–Crippen MR) is 176 cm³/mol. The van der Waals surface area contributed by atoms with Gasteiger partial charge in [0.25, 0.3) is 0 Å². The van der Waals surface area contributed by atoms with Gasteiger partial charge in [0, 0.05) is 32.8 Å². The van der Waals surface area contributed by atoms with E-state index < -0.39 is 0 Å². The van der Waals surface area contributed by atoms with Crippen molar-refractivity contribution in [2.75, 3.05) is 0 Å². The maximum Gasteiger partial charge on any atom is 0.164 e. The van der Waals surface area contributed by atoms with E-state index in [-0.39, 0.29) is 0 Å². The van der Waals surface area contributed by atoms with Gasteiger partial charge in [0.2, 0.25) is 0 Å². The molecule has 9 rings (SSSR count). The van der Waals surface area contributed by atoms with Gasteiger partial charge in [-0.25, -0.2) is 15.0 Å². The van der Waals surface area contributed by atoms with Crippen molar-refractivity contribution < 1.29 is 4.42 Å². The molecule has 0 fully saturated rings. The van der Waals surface area contributed by atoms with Crippen molar-refractivity contribution in [1.82, 2.24) is 15.0 Å². The van der Waals surface area contributed by atoms with Crippen LogP contribution in [0.3, 0.4) is 0 Å². The molecule has 0 amide bonds. The Balaban J connectivity index is 1.34. The van der Waals surface area contributed by atoms with Crippen molar-refractivity contribution in [1.29, 1.82) is 0 Å². The molecule has 0 saturated carbocycles. The molecule has 0 bridgehead atoms. The molecule has 0 aliphatic rings. The summed E-state index contributed by atoms with van der Waals surface area (Å²) in [6.07, 6.45) is 0. The maximum atomic E-state index is 6.24. The predicted octanol–water partition coefficient (Wildman–Crippen LogP) is 10.2. The van der Waals surface area contributed by atoms with Crippen molar-refractivity contribution in [2.24, 2.45) is 0 Å². The zero-order chi connectivity index (χ0) is 28.3. The van der Waals surface area contributed by atoms with Gasteiger partial charge in [0.15, 0.2) is 17.5 Å².